The molecule has 284 valence electrons. The van der Waals surface area contributed by atoms with E-state index in [2.05, 4.69) is 17.0 Å². The second-order valence-corrected chi connectivity index (χ2v) is 17.9. The molecule has 6 atom stereocenters. The van der Waals surface area contributed by atoms with Crippen LogP contribution in [0.4, 0.5) is 14.4 Å². The second kappa shape index (κ2) is 23.1. The molecule has 0 unspecified atom stereocenters. The van der Waals surface area contributed by atoms with Crippen molar-refractivity contribution in [3.63, 3.8) is 0 Å². The molecule has 0 bridgehead atoms. The minimum atomic E-state index is -1.06. The third-order valence-corrected chi connectivity index (χ3v) is 10.2. The smallest absolute Gasteiger partial charge is 0.444 e. The lowest BCUT2D eigenvalue weighted by Gasteiger charge is -2.26. The summed E-state index contributed by atoms with van der Waals surface area (Å²) in [6.45, 7) is 18.4. The van der Waals surface area contributed by atoms with Gasteiger partial charge in [-0.2, -0.15) is 23.5 Å². The zero-order chi connectivity index (χ0) is 37.1. The summed E-state index contributed by atoms with van der Waals surface area (Å²) < 4.78 is 19.1. The Morgan fingerprint density at radius 1 is 0.688 bits per heavy atom. The quantitative estimate of drug-likeness (QED) is 0.0684. The number of ether oxygens (including phenoxy) is 4. The van der Waals surface area contributed by atoms with Crippen LogP contribution in [0.3, 0.4) is 0 Å². The highest BCUT2D eigenvalue weighted by molar-refractivity contribution is 8.00. The number of nitrogens with one attached hydrogen (secondary N) is 1. The molecule has 2 rings (SSSR count). The Bertz CT molecular complexity index is 897. The van der Waals surface area contributed by atoms with Crippen LogP contribution in [-0.2, 0) is 18.9 Å². The average Bonchev–Trinajstić information content (AvgIpc) is 3.42. The fourth-order valence-electron chi connectivity index (χ4n) is 4.68. The summed E-state index contributed by atoms with van der Waals surface area (Å²) in [6.07, 6.45) is 6.04. The van der Waals surface area contributed by atoms with Gasteiger partial charge in [-0.15, -0.1) is 0 Å². The highest BCUT2D eigenvalue weighted by atomic mass is 32.2. The molecule has 0 saturated carbocycles. The van der Waals surface area contributed by atoms with Crippen molar-refractivity contribution in [2.24, 2.45) is 17.4 Å². The lowest BCUT2D eigenvalue weighted by Crippen LogP contribution is -2.45. The van der Waals surface area contributed by atoms with Crippen molar-refractivity contribution in [3.8, 4) is 0 Å². The van der Waals surface area contributed by atoms with Crippen LogP contribution in [0.5, 0.6) is 0 Å². The zero-order valence-electron chi connectivity index (χ0n) is 31.2. The Kier molecular flexibility index (Phi) is 22.4. The van der Waals surface area contributed by atoms with Crippen molar-refractivity contribution in [1.82, 2.24) is 5.32 Å². The summed E-state index contributed by atoms with van der Waals surface area (Å²) >= 11 is 3.85. The van der Waals surface area contributed by atoms with E-state index in [1.54, 1.807) is 41.5 Å². The summed E-state index contributed by atoms with van der Waals surface area (Å²) in [4.78, 5) is 33.9. The first-order chi connectivity index (χ1) is 22.1. The number of carbonyl (C=O) groups is 3. The monoisotopic (exact) mass is 725 g/mol. The van der Waals surface area contributed by atoms with E-state index in [-0.39, 0.29) is 30.8 Å². The number of hydrogen-bond donors (Lipinski definition) is 5. The van der Waals surface area contributed by atoms with Crippen molar-refractivity contribution in [2.45, 2.75) is 166 Å². The van der Waals surface area contributed by atoms with Crippen LogP contribution in [0.2, 0.25) is 0 Å². The molecule has 0 aromatic carbocycles. The van der Waals surface area contributed by atoms with Crippen molar-refractivity contribution in [3.05, 3.63) is 0 Å². The average molecular weight is 726 g/mol. The molecule has 0 aromatic heterocycles. The van der Waals surface area contributed by atoms with Gasteiger partial charge in [0.15, 0.2) is 0 Å². The zero-order valence-corrected chi connectivity index (χ0v) is 32.8. The van der Waals surface area contributed by atoms with Gasteiger partial charge in [-0.1, -0.05) is 32.6 Å². The fourth-order valence-corrected chi connectivity index (χ4v) is 7.76. The highest BCUT2D eigenvalue weighted by Crippen LogP contribution is 2.35. The molecule has 7 N–H and O–H groups in total. The van der Waals surface area contributed by atoms with Gasteiger partial charge < -0.3 is 45.9 Å². The number of alkyl carbamates (subject to hydrolysis) is 1. The van der Waals surface area contributed by atoms with E-state index in [9.17, 15) is 14.4 Å². The number of thioether (sulfide) groups is 2. The Balaban J connectivity index is 0.000000710. The normalized spacial score (nSPS) is 24.0. The molecule has 14 heteroatoms. The Hall–Kier alpha value is -1.45. The lowest BCUT2D eigenvalue weighted by molar-refractivity contribution is -0.0294. The molecule has 48 heavy (non-hydrogen) atoms. The maximum atomic E-state index is 11.9. The number of nitrogens with two attached hydrogens (primary N) is 2. The van der Waals surface area contributed by atoms with Gasteiger partial charge in [0.25, 0.3) is 0 Å². The summed E-state index contributed by atoms with van der Waals surface area (Å²) in [7, 11) is 0. The maximum absolute atomic E-state index is 11.9. The van der Waals surface area contributed by atoms with Crippen LogP contribution in [0.25, 0.3) is 0 Å². The molecule has 2 saturated heterocycles. The van der Waals surface area contributed by atoms with Crippen LogP contribution >= 0.6 is 23.5 Å². The van der Waals surface area contributed by atoms with Gasteiger partial charge in [0.1, 0.15) is 16.8 Å². The molecule has 12 nitrogen and oxygen atoms in total. The molecule has 2 aliphatic rings. The minimum Gasteiger partial charge on any atom is -0.444 e. The maximum Gasteiger partial charge on any atom is 0.519 e. The summed E-state index contributed by atoms with van der Waals surface area (Å²) in [5.74, 6) is 2.58. The Morgan fingerprint density at radius 2 is 1.12 bits per heavy atom. The molecule has 0 aliphatic carbocycles. The van der Waals surface area contributed by atoms with Gasteiger partial charge in [0, 0.05) is 47.6 Å². The first-order valence-electron chi connectivity index (χ1n) is 17.2. The minimum absolute atomic E-state index is 0.180. The van der Waals surface area contributed by atoms with Crippen molar-refractivity contribution in [2.75, 3.05) is 24.7 Å². The summed E-state index contributed by atoms with van der Waals surface area (Å²) in [5, 5.41) is 21.5. The highest BCUT2D eigenvalue weighted by Gasteiger charge is 2.36. The van der Waals surface area contributed by atoms with E-state index in [0.29, 0.717) is 23.0 Å². The fraction of sp³-hybridized carbons (Fsp3) is 0.912. The van der Waals surface area contributed by atoms with Crippen LogP contribution in [0, 0.1) is 5.92 Å². The van der Waals surface area contributed by atoms with Crippen LogP contribution in [0.15, 0.2) is 0 Å². The number of amides is 1. The van der Waals surface area contributed by atoms with Crippen molar-refractivity contribution < 1.29 is 43.5 Å². The molecule has 2 fully saturated rings. The molecule has 2 heterocycles. The van der Waals surface area contributed by atoms with E-state index in [1.807, 2.05) is 44.3 Å². The van der Waals surface area contributed by atoms with Crippen LogP contribution in [0.1, 0.15) is 121 Å². The van der Waals surface area contributed by atoms with Gasteiger partial charge in [0.05, 0.1) is 0 Å². The number of unbranched alkanes of at least 4 members (excludes halogenated alkanes) is 4. The van der Waals surface area contributed by atoms with E-state index in [1.165, 1.54) is 6.42 Å². The SMILES string of the molecule is CC(C)(C)OC(=O)OC(=O)OC(C)(C)C.C[C@H]1CS[C@@H](CCCCCO)[C@H]1NC(=O)OC(C)(C)C.N[C@@H]1[C@H](CCCCCO)SC[C@@H]1N. The number of carbonyl (C=O) groups excluding carboxylic acids is 3. The third kappa shape index (κ3) is 23.8. The molecule has 0 radical (unpaired) electrons. The third-order valence-electron chi connectivity index (χ3n) is 6.94. The molecule has 0 spiro atoms. The van der Waals surface area contributed by atoms with Gasteiger partial charge in [-0.3, -0.25) is 0 Å². The Labute approximate surface area is 298 Å². The first kappa shape index (κ1) is 46.5. The van der Waals surface area contributed by atoms with Crippen LogP contribution < -0.4 is 16.8 Å². The molecule has 2 aliphatic heterocycles. The molecule has 0 aromatic rings. The van der Waals surface area contributed by atoms with Crippen LogP contribution in [-0.4, -0.2) is 98.8 Å². The molecular weight excluding hydrogens is 659 g/mol. The van der Waals surface area contributed by atoms with Gasteiger partial charge in [0.2, 0.25) is 0 Å². The van der Waals surface area contributed by atoms with E-state index in [0.717, 1.165) is 56.5 Å². The number of hydrogen-bond acceptors (Lipinski definition) is 13. The van der Waals surface area contributed by atoms with E-state index < -0.39 is 29.1 Å². The molecular formula is C34H67N3O9S2. The molecule has 1 amide bonds. The van der Waals surface area contributed by atoms with Crippen molar-refractivity contribution in [1.29, 1.82) is 0 Å². The van der Waals surface area contributed by atoms with Crippen molar-refractivity contribution >= 4 is 41.9 Å². The van der Waals surface area contributed by atoms with E-state index >= 15 is 0 Å². The largest absolute Gasteiger partial charge is 0.519 e. The number of rotatable bonds is 11. The van der Waals surface area contributed by atoms with Gasteiger partial charge in [-0.25, -0.2) is 14.4 Å². The lowest BCUT2D eigenvalue weighted by atomic mass is 9.97. The summed E-state index contributed by atoms with van der Waals surface area (Å²) in [5.41, 5.74) is 9.92. The summed E-state index contributed by atoms with van der Waals surface area (Å²) in [6, 6.07) is 0.566. The second-order valence-electron chi connectivity index (χ2n) is 15.3. The van der Waals surface area contributed by atoms with Gasteiger partial charge >= 0.3 is 18.4 Å². The van der Waals surface area contributed by atoms with E-state index in [4.69, 9.17) is 35.9 Å². The van der Waals surface area contributed by atoms with Gasteiger partial charge in [-0.05, 0) is 99.7 Å². The first-order valence-corrected chi connectivity index (χ1v) is 19.3. The topological polar surface area (TPSA) is 193 Å². The number of aliphatic hydroxyl groups is 2. The Morgan fingerprint density at radius 3 is 1.52 bits per heavy atom. The standard InChI is InChI=1S/C15H29NO3S.C10H18O5.C9H20N2OS/c1-11-10-20-12(8-6-5-7-9-17)13(11)16-14(18)19-15(2,3)4;1-9(2,3)14-7(11)13-8(12)15-10(4,5)6;10-7-6-13-8(9(7)11)4-2-1-3-5-12/h11-13,17H,5-10H2,1-4H3,(H,16,18);1-6H3;7-9,12H,1-6,10-11H2/t11-,12-,13-;;7-,8-,9-/m0.0/s1. The predicted octanol–water partition coefficient (Wildman–Crippen LogP) is 6.37. The predicted molar refractivity (Wildman–Crippen MR) is 195 cm³/mol. The number of aliphatic hydroxyl groups excluding tert-OH is 2.